The summed E-state index contributed by atoms with van der Waals surface area (Å²) in [5, 5.41) is 7.27. The molecule has 144 valence electrons. The molecule has 0 atom stereocenters. The van der Waals surface area contributed by atoms with Gasteiger partial charge in [-0.2, -0.15) is 0 Å². The van der Waals surface area contributed by atoms with Crippen molar-refractivity contribution in [3.8, 4) is 5.75 Å². The Morgan fingerprint density at radius 2 is 1.96 bits per heavy atom. The van der Waals surface area contributed by atoms with Gasteiger partial charge in [0.25, 0.3) is 5.91 Å². The average Bonchev–Trinajstić information content (AvgIpc) is 3.07. The lowest BCUT2D eigenvalue weighted by molar-refractivity contribution is -0.274. The highest BCUT2D eigenvalue weighted by atomic mass is 32.1. The monoisotopic (exact) mass is 401 g/mol. The Kier molecular flexibility index (Phi) is 6.77. The normalized spacial score (nSPS) is 10.8. The summed E-state index contributed by atoms with van der Waals surface area (Å²) in [6.45, 7) is 3.45. The number of ether oxygens (including phenoxy) is 2. The fourth-order valence-corrected chi connectivity index (χ4v) is 2.44. The molecule has 0 fully saturated rings. The maximum atomic E-state index is 12.1. The van der Waals surface area contributed by atoms with Crippen molar-refractivity contribution in [2.45, 2.75) is 6.36 Å². The molecule has 0 aliphatic heterocycles. The van der Waals surface area contributed by atoms with E-state index in [4.69, 9.17) is 4.74 Å². The number of alkyl halides is 3. The number of nitrogens with one attached hydrogen (secondary N) is 2. The smallest absolute Gasteiger partial charge is 0.451 e. The van der Waals surface area contributed by atoms with Gasteiger partial charge in [0.1, 0.15) is 5.75 Å². The maximum absolute atomic E-state index is 12.1. The Morgan fingerprint density at radius 1 is 1.26 bits per heavy atom. The minimum atomic E-state index is -4.80. The van der Waals surface area contributed by atoms with Crippen molar-refractivity contribution in [3.05, 3.63) is 48.0 Å². The summed E-state index contributed by atoms with van der Waals surface area (Å²) in [6.07, 6.45) is -3.17. The number of hydrogen-bond acceptors (Lipinski definition) is 7. The first-order valence-electron chi connectivity index (χ1n) is 7.40. The van der Waals surface area contributed by atoms with E-state index in [2.05, 4.69) is 26.9 Å². The van der Waals surface area contributed by atoms with Crippen LogP contribution in [0.4, 0.5) is 24.0 Å². The minimum absolute atomic E-state index is 0.0491. The second-order valence-corrected chi connectivity index (χ2v) is 5.76. The Balaban J connectivity index is 1.80. The molecule has 7 nitrogen and oxygen atoms in total. The van der Waals surface area contributed by atoms with Crippen LogP contribution in [0.25, 0.3) is 0 Å². The van der Waals surface area contributed by atoms with E-state index >= 15 is 0 Å². The molecular formula is C16H14F3N3O4S. The first-order valence-corrected chi connectivity index (χ1v) is 8.28. The van der Waals surface area contributed by atoms with Crippen LogP contribution in [0.15, 0.2) is 42.3 Å². The van der Waals surface area contributed by atoms with E-state index in [1.165, 1.54) is 28.8 Å². The molecular weight excluding hydrogens is 387 g/mol. The van der Waals surface area contributed by atoms with Crippen molar-refractivity contribution in [2.24, 2.45) is 0 Å². The molecule has 2 aromatic rings. The standard InChI is InChI=1S/C16H14F3N3O4S/c1-2-7-20-15-22-12(9-27-15)14(24)25-8-13(23)21-10-3-5-11(6-4-10)26-16(17,18)19/h2-6,9H,1,7-8H2,(H,20,22)(H,21,23). The number of rotatable bonds is 8. The molecule has 2 rings (SSSR count). The van der Waals surface area contributed by atoms with Crippen molar-refractivity contribution >= 4 is 34.0 Å². The number of halogens is 3. The van der Waals surface area contributed by atoms with Gasteiger partial charge in [-0.1, -0.05) is 6.08 Å². The van der Waals surface area contributed by atoms with Crippen LogP contribution in [0.3, 0.4) is 0 Å². The highest BCUT2D eigenvalue weighted by Gasteiger charge is 2.30. The fraction of sp³-hybridized carbons (Fsp3) is 0.188. The summed E-state index contributed by atoms with van der Waals surface area (Å²) in [7, 11) is 0. The van der Waals surface area contributed by atoms with Crippen molar-refractivity contribution < 1.29 is 32.2 Å². The van der Waals surface area contributed by atoms with Crippen LogP contribution in [0.5, 0.6) is 5.75 Å². The second-order valence-electron chi connectivity index (χ2n) is 4.90. The fourth-order valence-electron chi connectivity index (χ4n) is 1.75. The molecule has 11 heteroatoms. The van der Waals surface area contributed by atoms with E-state index < -0.39 is 30.6 Å². The van der Waals surface area contributed by atoms with Crippen molar-refractivity contribution in [3.63, 3.8) is 0 Å². The third kappa shape index (κ3) is 6.98. The zero-order chi connectivity index (χ0) is 19.9. The van der Waals surface area contributed by atoms with E-state index in [1.807, 2.05) is 0 Å². The molecule has 1 amide bonds. The molecule has 0 saturated carbocycles. The third-order valence-corrected chi connectivity index (χ3v) is 3.62. The SMILES string of the molecule is C=CCNc1nc(C(=O)OCC(=O)Nc2ccc(OC(F)(F)F)cc2)cs1. The number of nitrogens with zero attached hydrogens (tertiary/aromatic N) is 1. The quantitative estimate of drug-likeness (QED) is 0.520. The van der Waals surface area contributed by atoms with Crippen LogP contribution in [0, 0.1) is 0 Å². The second kappa shape index (κ2) is 9.03. The predicted molar refractivity (Wildman–Crippen MR) is 92.8 cm³/mol. The lowest BCUT2D eigenvalue weighted by atomic mass is 10.3. The summed E-state index contributed by atoms with van der Waals surface area (Å²) in [4.78, 5) is 27.6. The van der Waals surface area contributed by atoms with Gasteiger partial charge in [-0.25, -0.2) is 9.78 Å². The minimum Gasteiger partial charge on any atom is -0.451 e. The van der Waals surface area contributed by atoms with Gasteiger partial charge in [-0.05, 0) is 24.3 Å². The van der Waals surface area contributed by atoms with Gasteiger partial charge in [0.15, 0.2) is 17.4 Å². The van der Waals surface area contributed by atoms with Crippen molar-refractivity contribution in [2.75, 3.05) is 23.8 Å². The van der Waals surface area contributed by atoms with Crippen LogP contribution < -0.4 is 15.4 Å². The first kappa shape index (κ1) is 20.2. The Morgan fingerprint density at radius 3 is 2.59 bits per heavy atom. The number of esters is 1. The number of hydrogen-bond donors (Lipinski definition) is 2. The molecule has 0 saturated heterocycles. The number of anilines is 2. The van der Waals surface area contributed by atoms with Gasteiger partial charge in [-0.15, -0.1) is 31.1 Å². The van der Waals surface area contributed by atoms with Gasteiger partial charge in [0.05, 0.1) is 0 Å². The molecule has 27 heavy (non-hydrogen) atoms. The number of aromatic nitrogens is 1. The molecule has 0 spiro atoms. The van der Waals surface area contributed by atoms with Gasteiger partial charge in [-0.3, -0.25) is 4.79 Å². The van der Waals surface area contributed by atoms with Gasteiger partial charge in [0, 0.05) is 17.6 Å². The van der Waals surface area contributed by atoms with E-state index in [-0.39, 0.29) is 11.4 Å². The van der Waals surface area contributed by atoms with Crippen molar-refractivity contribution in [1.29, 1.82) is 0 Å². The van der Waals surface area contributed by atoms with Crippen molar-refractivity contribution in [1.82, 2.24) is 4.98 Å². The number of benzene rings is 1. The van der Waals surface area contributed by atoms with E-state index in [1.54, 1.807) is 6.08 Å². The van der Waals surface area contributed by atoms with Crippen LogP contribution in [0.2, 0.25) is 0 Å². The zero-order valence-corrected chi connectivity index (χ0v) is 14.5. The average molecular weight is 401 g/mol. The summed E-state index contributed by atoms with van der Waals surface area (Å²) in [6, 6.07) is 4.53. The van der Waals surface area contributed by atoms with E-state index in [0.717, 1.165) is 12.1 Å². The van der Waals surface area contributed by atoms with Gasteiger partial charge < -0.3 is 20.1 Å². The maximum Gasteiger partial charge on any atom is 0.573 e. The Labute approximate surface area is 155 Å². The van der Waals surface area contributed by atoms with Gasteiger partial charge >= 0.3 is 12.3 Å². The largest absolute Gasteiger partial charge is 0.573 e. The van der Waals surface area contributed by atoms with Crippen LogP contribution in [-0.4, -0.2) is 36.4 Å². The van der Waals surface area contributed by atoms with E-state index in [9.17, 15) is 22.8 Å². The van der Waals surface area contributed by atoms with Gasteiger partial charge in [0.2, 0.25) is 0 Å². The number of carbonyl (C=O) groups excluding carboxylic acids is 2. The highest BCUT2D eigenvalue weighted by Crippen LogP contribution is 2.24. The molecule has 0 bridgehead atoms. The summed E-state index contributed by atoms with van der Waals surface area (Å²) in [5.41, 5.74) is 0.267. The molecule has 0 aliphatic carbocycles. The molecule has 1 aromatic carbocycles. The summed E-state index contributed by atoms with van der Waals surface area (Å²) in [5.74, 6) is -1.86. The number of thiazole rings is 1. The predicted octanol–water partition coefficient (Wildman–Crippen LogP) is 3.44. The third-order valence-electron chi connectivity index (χ3n) is 2.82. The summed E-state index contributed by atoms with van der Waals surface area (Å²) < 4.78 is 44.8. The Hall–Kier alpha value is -3.08. The van der Waals surface area contributed by atoms with Crippen LogP contribution >= 0.6 is 11.3 Å². The first-order chi connectivity index (χ1) is 12.8. The Bertz CT molecular complexity index is 806. The molecule has 0 aliphatic rings. The molecule has 2 N–H and O–H groups in total. The molecule has 0 unspecified atom stereocenters. The highest BCUT2D eigenvalue weighted by molar-refractivity contribution is 7.13. The van der Waals surface area contributed by atoms with E-state index in [0.29, 0.717) is 11.7 Å². The number of carbonyl (C=O) groups is 2. The van der Waals surface area contributed by atoms with Crippen LogP contribution in [0.1, 0.15) is 10.5 Å². The number of amides is 1. The zero-order valence-electron chi connectivity index (χ0n) is 13.7. The molecule has 1 aromatic heterocycles. The lowest BCUT2D eigenvalue weighted by Gasteiger charge is -2.10. The topological polar surface area (TPSA) is 89.5 Å². The lowest BCUT2D eigenvalue weighted by Crippen LogP contribution is -2.21. The molecule has 0 radical (unpaired) electrons. The molecule has 1 heterocycles. The van der Waals surface area contributed by atoms with Crippen LogP contribution in [-0.2, 0) is 9.53 Å². The summed E-state index contributed by atoms with van der Waals surface area (Å²) >= 11 is 1.20.